The zero-order chi connectivity index (χ0) is 32.3. The van der Waals surface area contributed by atoms with E-state index >= 15 is 0 Å². The SMILES string of the molecule is C[C@H]1c2cccc(O)c2C(=O)C2C(=O)[C@]3(O)C(=O)C(C(N)=O)C(=O)[C@@H](N(C)C)[C@@H]3[C@@H](OC(=O)CNC(=O)OC(C)(C)C)[C@@H]21. The number of fused-ring (bicyclic) bond motifs is 3. The third-order valence-corrected chi connectivity index (χ3v) is 8.37. The van der Waals surface area contributed by atoms with Gasteiger partial charge in [0.25, 0.3) is 0 Å². The normalized spacial score (nSPS) is 32.0. The number of carbonyl (C=O) groups excluding carboxylic acids is 7. The monoisotopic (exact) mass is 601 g/mol. The van der Waals surface area contributed by atoms with E-state index in [1.807, 2.05) is 0 Å². The van der Waals surface area contributed by atoms with Gasteiger partial charge in [-0.3, -0.25) is 33.7 Å². The summed E-state index contributed by atoms with van der Waals surface area (Å²) in [4.78, 5) is 94.1. The van der Waals surface area contributed by atoms with E-state index in [1.165, 1.54) is 31.1 Å². The molecule has 1 aromatic rings. The molecular weight excluding hydrogens is 566 g/mol. The van der Waals surface area contributed by atoms with E-state index in [4.69, 9.17) is 15.2 Å². The number of benzene rings is 1. The van der Waals surface area contributed by atoms with Crippen LogP contribution in [0, 0.1) is 23.7 Å². The number of ether oxygens (including phenoxy) is 2. The number of carbonyl (C=O) groups is 7. The third-order valence-electron chi connectivity index (χ3n) is 8.37. The second-order valence-electron chi connectivity index (χ2n) is 12.4. The number of Topliss-reactive ketones (excluding diaryl/α,β-unsaturated/α-hetero) is 4. The highest BCUT2D eigenvalue weighted by molar-refractivity contribution is 6.32. The first-order chi connectivity index (χ1) is 19.8. The standard InChI is InChI=1S/C29H35N3O11/c1-11-12-8-7-9-13(33)16(12)21(35)17-15(11)23(42-14(34)10-31-27(40)43-28(2,3)4)19-20(32(5)6)22(36)18(26(30)39)25(38)29(19,41)24(17)37/h7-9,11,15,17-20,23,33,41H,10H2,1-6H3,(H2,30,39)(H,31,40)/t11-,15+,17?,18?,19+,20-,23-,29-/m0/s1. The molecule has 0 bridgehead atoms. The number of esters is 1. The molecule has 14 nitrogen and oxygen atoms in total. The summed E-state index contributed by atoms with van der Waals surface area (Å²) in [6, 6.07) is 2.74. The molecule has 5 N–H and O–H groups in total. The predicted octanol–water partition coefficient (Wildman–Crippen LogP) is -0.526. The number of phenols is 1. The fraction of sp³-hybridized carbons (Fsp3) is 0.552. The van der Waals surface area contributed by atoms with Crippen LogP contribution in [0.5, 0.6) is 5.75 Å². The lowest BCUT2D eigenvalue weighted by atomic mass is 9.49. The Hall–Kier alpha value is -4.17. The molecule has 2 fully saturated rings. The summed E-state index contributed by atoms with van der Waals surface area (Å²) in [6.45, 7) is 5.71. The molecule has 0 saturated heterocycles. The van der Waals surface area contributed by atoms with Crippen molar-refractivity contribution in [3.63, 3.8) is 0 Å². The van der Waals surface area contributed by atoms with Crippen molar-refractivity contribution in [3.05, 3.63) is 29.3 Å². The molecule has 3 aliphatic rings. The van der Waals surface area contributed by atoms with Crippen molar-refractivity contribution in [1.29, 1.82) is 0 Å². The molecule has 0 radical (unpaired) electrons. The number of alkyl carbamates (subject to hydrolysis) is 1. The van der Waals surface area contributed by atoms with Crippen molar-refractivity contribution in [2.75, 3.05) is 20.6 Å². The van der Waals surface area contributed by atoms with Gasteiger partial charge in [0.1, 0.15) is 24.0 Å². The van der Waals surface area contributed by atoms with Crippen LogP contribution in [0.2, 0.25) is 0 Å². The van der Waals surface area contributed by atoms with Crippen molar-refractivity contribution in [2.45, 2.75) is 57.0 Å². The largest absolute Gasteiger partial charge is 0.507 e. The molecule has 2 unspecified atom stereocenters. The van der Waals surface area contributed by atoms with Gasteiger partial charge in [0.05, 0.1) is 23.4 Å². The fourth-order valence-electron chi connectivity index (χ4n) is 6.72. The van der Waals surface area contributed by atoms with Gasteiger partial charge >= 0.3 is 12.1 Å². The van der Waals surface area contributed by atoms with Gasteiger partial charge in [-0.1, -0.05) is 19.1 Å². The van der Waals surface area contributed by atoms with Gasteiger partial charge in [-0.05, 0) is 52.4 Å². The molecule has 0 aromatic heterocycles. The van der Waals surface area contributed by atoms with Gasteiger partial charge in [-0.15, -0.1) is 0 Å². The van der Waals surface area contributed by atoms with Crippen molar-refractivity contribution >= 4 is 41.1 Å². The maximum absolute atomic E-state index is 14.2. The van der Waals surface area contributed by atoms with Crippen molar-refractivity contribution in [1.82, 2.24) is 10.2 Å². The van der Waals surface area contributed by atoms with Gasteiger partial charge in [-0.25, -0.2) is 4.79 Å². The van der Waals surface area contributed by atoms with Crippen LogP contribution in [0.15, 0.2) is 18.2 Å². The Balaban J connectivity index is 1.87. The summed E-state index contributed by atoms with van der Waals surface area (Å²) in [5, 5.41) is 24.8. The van der Waals surface area contributed by atoms with Crippen LogP contribution in [0.3, 0.4) is 0 Å². The van der Waals surface area contributed by atoms with E-state index in [1.54, 1.807) is 33.8 Å². The summed E-state index contributed by atoms with van der Waals surface area (Å²) in [5.74, 6) is -15.4. The molecule has 4 rings (SSSR count). The summed E-state index contributed by atoms with van der Waals surface area (Å²) >= 11 is 0. The molecule has 2 saturated carbocycles. The Bertz CT molecular complexity index is 1430. The molecule has 1 aromatic carbocycles. The van der Waals surface area contributed by atoms with Crippen LogP contribution in [-0.2, 0) is 33.4 Å². The number of aromatic hydroxyl groups is 1. The first kappa shape index (κ1) is 31.8. The smallest absolute Gasteiger partial charge is 0.408 e. The quantitative estimate of drug-likeness (QED) is 0.247. The Kier molecular flexibility index (Phi) is 8.00. The topological polar surface area (TPSA) is 220 Å². The molecule has 0 spiro atoms. The molecule has 232 valence electrons. The number of aliphatic hydroxyl groups is 1. The highest BCUT2D eigenvalue weighted by Crippen LogP contribution is 2.55. The number of ketones is 4. The molecule has 8 atom stereocenters. The number of amides is 2. The third kappa shape index (κ3) is 5.07. The molecular formula is C29H35N3O11. The van der Waals surface area contributed by atoms with E-state index in [0.29, 0.717) is 5.56 Å². The molecule has 2 amide bonds. The Morgan fingerprint density at radius 1 is 1.09 bits per heavy atom. The van der Waals surface area contributed by atoms with E-state index in [-0.39, 0.29) is 5.56 Å². The minimum atomic E-state index is -3.15. The molecule has 3 aliphatic carbocycles. The van der Waals surface area contributed by atoms with Crippen LogP contribution >= 0.6 is 0 Å². The highest BCUT2D eigenvalue weighted by Gasteiger charge is 2.74. The number of likely N-dealkylation sites (N-methyl/N-ethyl adjacent to an activating group) is 1. The first-order valence-electron chi connectivity index (χ1n) is 13.7. The summed E-state index contributed by atoms with van der Waals surface area (Å²) in [6.07, 6.45) is -2.58. The van der Waals surface area contributed by atoms with E-state index in [9.17, 15) is 43.8 Å². The maximum Gasteiger partial charge on any atom is 0.408 e. The highest BCUT2D eigenvalue weighted by atomic mass is 16.6. The lowest BCUT2D eigenvalue weighted by molar-refractivity contribution is -0.205. The van der Waals surface area contributed by atoms with Crippen molar-refractivity contribution in [3.8, 4) is 5.75 Å². The van der Waals surface area contributed by atoms with Gasteiger partial charge in [0.15, 0.2) is 34.7 Å². The maximum atomic E-state index is 14.2. The van der Waals surface area contributed by atoms with Crippen LogP contribution < -0.4 is 11.1 Å². The summed E-state index contributed by atoms with van der Waals surface area (Å²) in [5.41, 5.74) is 1.47. The molecule has 14 heteroatoms. The average molecular weight is 602 g/mol. The number of hydrogen-bond donors (Lipinski definition) is 4. The zero-order valence-electron chi connectivity index (χ0n) is 24.6. The molecule has 43 heavy (non-hydrogen) atoms. The lowest BCUT2D eigenvalue weighted by Gasteiger charge is -2.56. The van der Waals surface area contributed by atoms with E-state index in [2.05, 4.69) is 5.32 Å². The second kappa shape index (κ2) is 10.8. The minimum absolute atomic E-state index is 0.196. The number of primary amides is 1. The molecule has 0 heterocycles. The van der Waals surface area contributed by atoms with Gasteiger partial charge in [0.2, 0.25) is 5.91 Å². The van der Waals surface area contributed by atoms with E-state index < -0.39 is 106 Å². The van der Waals surface area contributed by atoms with Crippen molar-refractivity contribution < 1.29 is 53.2 Å². The Morgan fingerprint density at radius 2 is 1.72 bits per heavy atom. The number of nitrogens with zero attached hydrogens (tertiary/aromatic N) is 1. The fourth-order valence-corrected chi connectivity index (χ4v) is 6.72. The first-order valence-corrected chi connectivity index (χ1v) is 13.7. The molecule has 0 aliphatic heterocycles. The summed E-state index contributed by atoms with van der Waals surface area (Å²) < 4.78 is 10.9. The van der Waals surface area contributed by atoms with Gasteiger partial charge in [-0.2, -0.15) is 0 Å². The number of nitrogens with two attached hydrogens (primary N) is 1. The number of phenolic OH excluding ortho intramolecular Hbond substituents is 1. The number of rotatable bonds is 5. The average Bonchev–Trinajstić information content (AvgIpc) is 2.87. The summed E-state index contributed by atoms with van der Waals surface area (Å²) in [7, 11) is 2.80. The van der Waals surface area contributed by atoms with Gasteiger partial charge in [0, 0.05) is 5.92 Å². The van der Waals surface area contributed by atoms with Gasteiger partial charge < -0.3 is 30.7 Å². The second-order valence-corrected chi connectivity index (χ2v) is 12.4. The van der Waals surface area contributed by atoms with Crippen molar-refractivity contribution in [2.24, 2.45) is 29.4 Å². The van der Waals surface area contributed by atoms with E-state index in [0.717, 1.165) is 0 Å². The Labute approximate surface area is 246 Å². The predicted molar refractivity (Wildman–Crippen MR) is 146 cm³/mol. The minimum Gasteiger partial charge on any atom is -0.507 e. The van der Waals surface area contributed by atoms with Crippen LogP contribution in [0.4, 0.5) is 4.79 Å². The number of hydrogen-bond acceptors (Lipinski definition) is 12. The van der Waals surface area contributed by atoms with Crippen LogP contribution in [-0.4, -0.2) is 100 Å². The number of nitrogens with one attached hydrogen (secondary N) is 1. The Morgan fingerprint density at radius 3 is 2.28 bits per heavy atom. The van der Waals surface area contributed by atoms with Crippen LogP contribution in [0.1, 0.15) is 49.5 Å². The lowest BCUT2D eigenvalue weighted by Crippen LogP contribution is -2.78. The van der Waals surface area contributed by atoms with Crippen LogP contribution in [0.25, 0.3) is 0 Å². The zero-order valence-corrected chi connectivity index (χ0v) is 24.6.